The first-order valence-electron chi connectivity index (χ1n) is 3.20. The second-order valence-corrected chi connectivity index (χ2v) is 3.17. The molecule has 1 rings (SSSR count). The molecule has 13 heavy (non-hydrogen) atoms. The Balaban J connectivity index is 0.00000144. The van der Waals surface area contributed by atoms with Crippen LogP contribution in [0.25, 0.3) is 0 Å². The number of hydrogen-bond acceptors (Lipinski definition) is 3. The molecule has 0 saturated heterocycles. The van der Waals surface area contributed by atoms with Crippen molar-refractivity contribution in [1.82, 2.24) is 4.98 Å². The number of aromatic nitrogens is 1. The van der Waals surface area contributed by atoms with E-state index in [1.807, 2.05) is 0 Å². The zero-order valence-electron chi connectivity index (χ0n) is 6.48. The van der Waals surface area contributed by atoms with Crippen molar-refractivity contribution in [2.24, 2.45) is 5.73 Å². The number of carboxylic acid groups (broad SMARTS) is 1. The first kappa shape index (κ1) is 12.3. The SMILES string of the molecule is Cl.NC(C(=O)O)c1cncc(Br)c1. The van der Waals surface area contributed by atoms with Crippen LogP contribution in [0, 0.1) is 0 Å². The summed E-state index contributed by atoms with van der Waals surface area (Å²) < 4.78 is 0.719. The summed E-state index contributed by atoms with van der Waals surface area (Å²) in [6.45, 7) is 0. The van der Waals surface area contributed by atoms with Crippen molar-refractivity contribution in [3.05, 3.63) is 28.5 Å². The highest BCUT2D eigenvalue weighted by atomic mass is 79.9. The van der Waals surface area contributed by atoms with E-state index in [9.17, 15) is 4.79 Å². The summed E-state index contributed by atoms with van der Waals surface area (Å²) in [5, 5.41) is 8.56. The van der Waals surface area contributed by atoms with Crippen molar-refractivity contribution in [3.63, 3.8) is 0 Å². The fraction of sp³-hybridized carbons (Fsp3) is 0.143. The fourth-order valence-corrected chi connectivity index (χ4v) is 1.12. The molecular weight excluding hydrogens is 259 g/mol. The third-order valence-corrected chi connectivity index (χ3v) is 1.78. The van der Waals surface area contributed by atoms with Crippen molar-refractivity contribution >= 4 is 34.3 Å². The molecule has 1 atom stereocenters. The molecule has 0 radical (unpaired) electrons. The van der Waals surface area contributed by atoms with Gasteiger partial charge < -0.3 is 10.8 Å². The average Bonchev–Trinajstić information content (AvgIpc) is 2.03. The van der Waals surface area contributed by atoms with E-state index in [4.69, 9.17) is 10.8 Å². The zero-order chi connectivity index (χ0) is 9.14. The lowest BCUT2D eigenvalue weighted by Crippen LogP contribution is -2.20. The molecule has 1 unspecified atom stereocenters. The van der Waals surface area contributed by atoms with Crippen LogP contribution in [0.5, 0.6) is 0 Å². The van der Waals surface area contributed by atoms with Gasteiger partial charge in [0, 0.05) is 16.9 Å². The Morgan fingerprint density at radius 2 is 2.23 bits per heavy atom. The molecule has 0 amide bonds. The molecule has 4 nitrogen and oxygen atoms in total. The number of pyridine rings is 1. The van der Waals surface area contributed by atoms with Crippen LogP contribution < -0.4 is 5.73 Å². The van der Waals surface area contributed by atoms with Crippen LogP contribution in [0.2, 0.25) is 0 Å². The Kier molecular flexibility index (Phi) is 4.90. The van der Waals surface area contributed by atoms with Gasteiger partial charge in [0.2, 0.25) is 0 Å². The van der Waals surface area contributed by atoms with Crippen molar-refractivity contribution in [1.29, 1.82) is 0 Å². The fourth-order valence-electron chi connectivity index (χ4n) is 0.741. The highest BCUT2D eigenvalue weighted by molar-refractivity contribution is 9.10. The van der Waals surface area contributed by atoms with Crippen molar-refractivity contribution < 1.29 is 9.90 Å². The normalized spacial score (nSPS) is 11.5. The minimum Gasteiger partial charge on any atom is -0.480 e. The highest BCUT2D eigenvalue weighted by Crippen LogP contribution is 2.14. The Hall–Kier alpha value is -0.650. The molecule has 3 N–H and O–H groups in total. The summed E-state index contributed by atoms with van der Waals surface area (Å²) in [6, 6.07) is 0.626. The molecule has 0 aliphatic heterocycles. The van der Waals surface area contributed by atoms with Crippen LogP contribution in [-0.4, -0.2) is 16.1 Å². The van der Waals surface area contributed by atoms with Crippen molar-refractivity contribution in [3.8, 4) is 0 Å². The van der Waals surface area contributed by atoms with Crippen LogP contribution in [0.4, 0.5) is 0 Å². The molecule has 1 aromatic rings. The predicted octanol–water partition coefficient (Wildman–Crippen LogP) is 1.35. The lowest BCUT2D eigenvalue weighted by Gasteiger charge is -2.05. The van der Waals surface area contributed by atoms with Gasteiger partial charge in [-0.25, -0.2) is 0 Å². The van der Waals surface area contributed by atoms with Crippen molar-refractivity contribution in [2.75, 3.05) is 0 Å². The molecule has 0 fully saturated rings. The first-order valence-corrected chi connectivity index (χ1v) is 3.99. The monoisotopic (exact) mass is 266 g/mol. The minimum absolute atomic E-state index is 0. The molecule has 72 valence electrons. The number of aliphatic carboxylic acids is 1. The largest absolute Gasteiger partial charge is 0.480 e. The quantitative estimate of drug-likeness (QED) is 0.848. The van der Waals surface area contributed by atoms with Gasteiger partial charge in [-0.2, -0.15) is 0 Å². The van der Waals surface area contributed by atoms with Crippen molar-refractivity contribution in [2.45, 2.75) is 6.04 Å². The molecule has 1 heterocycles. The highest BCUT2D eigenvalue weighted by Gasteiger charge is 2.14. The molecular formula is C7H8BrClN2O2. The van der Waals surface area contributed by atoms with Gasteiger partial charge in [0.05, 0.1) is 0 Å². The van der Waals surface area contributed by atoms with E-state index in [0.29, 0.717) is 5.56 Å². The second kappa shape index (κ2) is 5.16. The van der Waals surface area contributed by atoms with Gasteiger partial charge in [0.25, 0.3) is 0 Å². The van der Waals surface area contributed by atoms with E-state index >= 15 is 0 Å². The molecule has 6 heteroatoms. The Bertz CT molecular complexity index is 308. The smallest absolute Gasteiger partial charge is 0.325 e. The third kappa shape index (κ3) is 3.30. The van der Waals surface area contributed by atoms with Gasteiger partial charge in [-0.05, 0) is 27.6 Å². The molecule has 1 aromatic heterocycles. The second-order valence-electron chi connectivity index (χ2n) is 2.25. The molecule has 0 bridgehead atoms. The molecule has 0 aliphatic carbocycles. The number of halogens is 2. The molecule has 0 saturated carbocycles. The summed E-state index contributed by atoms with van der Waals surface area (Å²) in [5.74, 6) is -1.06. The summed E-state index contributed by atoms with van der Waals surface area (Å²) in [6.07, 6.45) is 3.00. The number of rotatable bonds is 2. The van der Waals surface area contributed by atoms with E-state index in [-0.39, 0.29) is 12.4 Å². The zero-order valence-corrected chi connectivity index (χ0v) is 8.88. The van der Waals surface area contributed by atoms with Crippen LogP contribution in [0.1, 0.15) is 11.6 Å². The third-order valence-electron chi connectivity index (χ3n) is 1.35. The lowest BCUT2D eigenvalue weighted by molar-refractivity contribution is -0.138. The Morgan fingerprint density at radius 3 is 2.69 bits per heavy atom. The maximum atomic E-state index is 10.4. The van der Waals surface area contributed by atoms with Gasteiger partial charge in [0.1, 0.15) is 6.04 Å². The van der Waals surface area contributed by atoms with Crippen LogP contribution in [0.3, 0.4) is 0 Å². The summed E-state index contributed by atoms with van der Waals surface area (Å²) in [4.78, 5) is 14.2. The lowest BCUT2D eigenvalue weighted by atomic mass is 10.1. The van der Waals surface area contributed by atoms with Crippen LogP contribution in [-0.2, 0) is 4.79 Å². The molecule has 0 aromatic carbocycles. The average molecular weight is 268 g/mol. The van der Waals surface area contributed by atoms with Gasteiger partial charge in [-0.15, -0.1) is 12.4 Å². The minimum atomic E-state index is -1.06. The molecule has 0 aliphatic rings. The predicted molar refractivity (Wildman–Crippen MR) is 53.7 cm³/mol. The number of carboxylic acids is 1. The number of carbonyl (C=O) groups is 1. The van der Waals surface area contributed by atoms with Crippen LogP contribution in [0.15, 0.2) is 22.9 Å². The van der Waals surface area contributed by atoms with Gasteiger partial charge in [-0.3, -0.25) is 9.78 Å². The topological polar surface area (TPSA) is 76.2 Å². The summed E-state index contributed by atoms with van der Waals surface area (Å²) >= 11 is 3.17. The standard InChI is InChI=1S/C7H7BrN2O2.ClH/c8-5-1-4(2-10-3-5)6(9)7(11)12;/h1-3,6H,9H2,(H,11,12);1H. The summed E-state index contributed by atoms with van der Waals surface area (Å²) in [5.41, 5.74) is 5.83. The number of nitrogens with zero attached hydrogens (tertiary/aromatic N) is 1. The maximum Gasteiger partial charge on any atom is 0.325 e. The van der Waals surface area contributed by atoms with E-state index in [0.717, 1.165) is 4.47 Å². The maximum absolute atomic E-state index is 10.4. The van der Waals surface area contributed by atoms with Gasteiger partial charge >= 0.3 is 5.97 Å². The van der Waals surface area contributed by atoms with E-state index < -0.39 is 12.0 Å². The van der Waals surface area contributed by atoms with Gasteiger partial charge in [-0.1, -0.05) is 0 Å². The Morgan fingerprint density at radius 1 is 1.62 bits per heavy atom. The number of hydrogen-bond donors (Lipinski definition) is 2. The first-order chi connectivity index (χ1) is 5.61. The van der Waals surface area contributed by atoms with E-state index in [1.165, 1.54) is 6.20 Å². The summed E-state index contributed by atoms with van der Waals surface area (Å²) in [7, 11) is 0. The van der Waals surface area contributed by atoms with E-state index in [1.54, 1.807) is 12.3 Å². The number of nitrogens with two attached hydrogens (primary N) is 1. The molecule has 0 spiro atoms. The van der Waals surface area contributed by atoms with Gasteiger partial charge in [0.15, 0.2) is 0 Å². The van der Waals surface area contributed by atoms with E-state index in [2.05, 4.69) is 20.9 Å². The van der Waals surface area contributed by atoms with Crippen LogP contribution >= 0.6 is 28.3 Å². The Labute approximate surface area is 89.7 Å².